The number of rotatable bonds is 22. The van der Waals surface area contributed by atoms with Gasteiger partial charge in [0.2, 0.25) is 11.8 Å². The number of anilines is 4. The summed E-state index contributed by atoms with van der Waals surface area (Å²) < 4.78 is 60.0. The molecule has 0 radical (unpaired) electrons. The minimum atomic E-state index is -0.387. The van der Waals surface area contributed by atoms with Crippen molar-refractivity contribution in [3.63, 3.8) is 0 Å². The predicted molar refractivity (Wildman–Crippen MR) is 544 cm³/mol. The molecule has 8 heterocycles. The number of para-hydroxylation sites is 12. The maximum absolute atomic E-state index is 6.48. The van der Waals surface area contributed by atoms with Gasteiger partial charge in [0.1, 0.15) is 63.8 Å². The van der Waals surface area contributed by atoms with E-state index in [1.54, 1.807) is 18.8 Å². The van der Waals surface area contributed by atoms with Gasteiger partial charge in [-0.3, -0.25) is 0 Å². The van der Waals surface area contributed by atoms with E-state index in [1.165, 1.54) is 88.4 Å². The van der Waals surface area contributed by atoms with Gasteiger partial charge < -0.3 is 31.2 Å². The van der Waals surface area contributed by atoms with Crippen LogP contribution in [-0.4, -0.2) is 29.3 Å². The number of benzene rings is 10. The van der Waals surface area contributed by atoms with Gasteiger partial charge in [-0.2, -0.15) is 46.3 Å². The molecule has 0 fully saturated rings. The van der Waals surface area contributed by atoms with Crippen LogP contribution >= 0.6 is 0 Å². The van der Waals surface area contributed by atoms with E-state index in [-0.39, 0.29) is 23.2 Å². The second kappa shape index (κ2) is 41.7. The monoisotopic (exact) mass is 1790 g/mol. The van der Waals surface area contributed by atoms with Gasteiger partial charge in [0.25, 0.3) is 5.52 Å². The molecule has 18 aromatic rings. The topological polar surface area (TPSA) is 128 Å². The Kier molecular flexibility index (Phi) is 30.7. The van der Waals surface area contributed by atoms with Crippen molar-refractivity contribution in [1.29, 1.82) is 0 Å². The molecular weight excluding hydrogens is 1650 g/mol. The van der Waals surface area contributed by atoms with E-state index >= 15 is 0 Å². The SMILES string of the molecule is CC(C)OC(C)(C)c1occ[n+]1C(C)C.CC(C)c1cccc2c3ccccc3n(-c3oc4ccccc4[n+]3C(C)C)c12.CC(C)c1cccc2c3ccccc3n(-c3occ[n+]3C(C)C)c12.CC(C)c1ccccc1C(C)(C)c1oc2ccccc2[n+]1C(C)C.CC(C)c1ccccc1N(C)c1oc2ccccc2[n+]1C(C)C.CC(C)c1ccccc1N(C)c1occ[n+]1C(C)C. The fraction of sp³-hybridized carbons (Fsp3) is 0.379. The van der Waals surface area contributed by atoms with E-state index in [2.05, 4.69) is 433 Å². The van der Waals surface area contributed by atoms with E-state index in [0.29, 0.717) is 59.8 Å². The summed E-state index contributed by atoms with van der Waals surface area (Å²) in [5.74, 6) is 4.19. The van der Waals surface area contributed by atoms with Gasteiger partial charge in [0.05, 0.1) is 44.4 Å². The molecule has 696 valence electrons. The first-order valence-corrected chi connectivity index (χ1v) is 48.1. The number of ether oxygens (including phenoxy) is 1. The molecule has 0 amide bonds. The average Bonchev–Trinajstić information content (AvgIpc) is 1.57. The number of fused-ring (bicyclic) bond motifs is 9. The largest absolute Gasteiger partial charge is 0.468 e. The van der Waals surface area contributed by atoms with Crippen molar-refractivity contribution in [1.82, 2.24) is 9.13 Å². The summed E-state index contributed by atoms with van der Waals surface area (Å²) in [5.41, 5.74) is 20.9. The lowest BCUT2D eigenvalue weighted by Crippen LogP contribution is -2.44. The molecule has 0 aliphatic rings. The Hall–Kier alpha value is -12.6. The van der Waals surface area contributed by atoms with Crippen molar-refractivity contribution in [3.05, 3.63) is 313 Å². The minimum absolute atomic E-state index is 0.186. The van der Waals surface area contributed by atoms with Crippen LogP contribution in [0, 0.1) is 0 Å². The van der Waals surface area contributed by atoms with Crippen LogP contribution < -0.4 is 37.2 Å². The van der Waals surface area contributed by atoms with E-state index in [0.717, 1.165) is 69.1 Å². The summed E-state index contributed by atoms with van der Waals surface area (Å²) in [6.45, 7) is 61.2. The molecule has 0 N–H and O–H groups in total. The highest BCUT2D eigenvalue weighted by molar-refractivity contribution is 6.11. The Morgan fingerprint density at radius 1 is 0.301 bits per heavy atom. The summed E-state index contributed by atoms with van der Waals surface area (Å²) in [6.07, 6.45) is 11.3. The zero-order chi connectivity index (χ0) is 95.9. The standard InChI is InChI=1S/C25H25N2O.C22H28NO.C21H23N2O.C20H25N2O.C16H23N2O.C12H22NO2/c1-16(2)18-11-9-12-20-19-10-5-6-13-21(19)27(24(18)20)25-26(17(3)4)22-14-7-8-15-23(22)28-25;1-15(2)17-11-7-8-12-18(17)22(5,6)21-23(16(3)4)19-13-9-10-14-20(19)24-21;1-14(2)16-9-7-10-18-17-8-5-6-11-19(17)23(20(16)18)21-22(15(3)4)12-13-24-21;1-14(2)16-10-6-7-11-17(16)21(5)20-22(15(3)4)18-12-8-9-13-19(18)23-20;1-12(2)14-8-6-7-9-15(14)17(5)16-18(13(3)4)10-11-19-16;1-9(2)13-7-8-14-11(13)12(5,6)15-10(3)4/h5-17H,1-4H3;7-16H,1-6H3;5-15H,1-4H3;6-15H,1-5H3;6-13H,1-5H3;7-10H,1-6H3/q6*+1. The van der Waals surface area contributed by atoms with Crippen molar-refractivity contribution >= 4 is 100 Å². The van der Waals surface area contributed by atoms with Crippen LogP contribution in [0.15, 0.2) is 294 Å². The Morgan fingerprint density at radius 2 is 0.669 bits per heavy atom. The number of oxazole rings is 6. The average molecular weight is 1790 g/mol. The Labute approximate surface area is 789 Å². The number of aromatic nitrogens is 8. The van der Waals surface area contributed by atoms with Crippen LogP contribution in [0.2, 0.25) is 0 Å². The third-order valence-corrected chi connectivity index (χ3v) is 25.0. The van der Waals surface area contributed by atoms with Gasteiger partial charge in [-0.1, -0.05) is 215 Å². The molecule has 0 atom stereocenters. The third-order valence-electron chi connectivity index (χ3n) is 25.0. The maximum atomic E-state index is 6.48. The molecule has 18 rings (SSSR count). The Bertz CT molecular complexity index is 6930. The van der Waals surface area contributed by atoms with Gasteiger partial charge in [0.15, 0.2) is 46.1 Å². The highest BCUT2D eigenvalue weighted by atomic mass is 16.5. The maximum Gasteiger partial charge on any atom is 0.468 e. The molecule has 0 saturated carbocycles. The van der Waals surface area contributed by atoms with Crippen LogP contribution in [0.1, 0.15) is 305 Å². The van der Waals surface area contributed by atoms with Crippen molar-refractivity contribution in [2.24, 2.45) is 0 Å². The Balaban J connectivity index is 0.000000137. The molecule has 0 bridgehead atoms. The summed E-state index contributed by atoms with van der Waals surface area (Å²) in [4.78, 5) is 4.28. The van der Waals surface area contributed by atoms with Crippen LogP contribution in [0.25, 0.3) is 88.9 Å². The molecule has 0 spiro atoms. The van der Waals surface area contributed by atoms with Crippen molar-refractivity contribution < 1.29 is 58.6 Å². The van der Waals surface area contributed by atoms with Crippen LogP contribution in [0.3, 0.4) is 0 Å². The van der Waals surface area contributed by atoms with Gasteiger partial charge in [0, 0.05) is 49.9 Å². The van der Waals surface area contributed by atoms with Gasteiger partial charge >= 0.3 is 35.8 Å². The van der Waals surface area contributed by atoms with Crippen LogP contribution in [0.4, 0.5) is 23.4 Å². The zero-order valence-corrected chi connectivity index (χ0v) is 84.7. The van der Waals surface area contributed by atoms with E-state index < -0.39 is 0 Å². The van der Waals surface area contributed by atoms with Crippen molar-refractivity contribution in [2.45, 2.75) is 277 Å². The summed E-state index contributed by atoms with van der Waals surface area (Å²) in [5, 5.41) is 5.08. The normalized spacial score (nSPS) is 12.1. The lowest BCUT2D eigenvalue weighted by atomic mass is 9.78. The quantitative estimate of drug-likeness (QED) is 0.0609. The van der Waals surface area contributed by atoms with E-state index in [4.69, 9.17) is 31.2 Å². The molecule has 0 aliphatic carbocycles. The molecule has 17 nitrogen and oxygen atoms in total. The Morgan fingerprint density at radius 3 is 1.15 bits per heavy atom. The molecule has 10 aromatic carbocycles. The third kappa shape index (κ3) is 20.3. The molecular formula is C116H146N10O7+6. The second-order valence-corrected chi connectivity index (χ2v) is 39.6. The highest BCUT2D eigenvalue weighted by Crippen LogP contribution is 2.42. The van der Waals surface area contributed by atoms with Crippen molar-refractivity contribution in [2.75, 3.05) is 23.9 Å². The van der Waals surface area contributed by atoms with Gasteiger partial charge in [-0.15, -0.1) is 0 Å². The molecule has 17 heteroatoms. The van der Waals surface area contributed by atoms with Crippen LogP contribution in [0.5, 0.6) is 0 Å². The second-order valence-electron chi connectivity index (χ2n) is 39.6. The fourth-order valence-corrected chi connectivity index (χ4v) is 18.7. The zero-order valence-electron chi connectivity index (χ0n) is 84.7. The number of hydrogen-bond donors (Lipinski definition) is 0. The summed E-state index contributed by atoms with van der Waals surface area (Å²) in [7, 11) is 4.14. The molecule has 0 saturated heterocycles. The lowest BCUT2D eigenvalue weighted by Gasteiger charge is -2.24. The molecule has 8 aromatic heterocycles. The minimum Gasteiger partial charge on any atom is -0.408 e. The highest BCUT2D eigenvalue weighted by Gasteiger charge is 2.43. The van der Waals surface area contributed by atoms with Gasteiger partial charge in [-0.25, -0.2) is 0 Å². The predicted octanol–water partition coefficient (Wildman–Crippen LogP) is 29.7. The number of nitrogens with zero attached hydrogens (tertiary/aromatic N) is 10. The summed E-state index contributed by atoms with van der Waals surface area (Å²) in [6, 6.07) is 86.5. The first-order chi connectivity index (χ1) is 63.4. The molecule has 0 unspecified atom stereocenters. The number of hydrogen-bond acceptors (Lipinski definition) is 9. The fourth-order valence-electron chi connectivity index (χ4n) is 18.7. The molecule has 0 aliphatic heterocycles. The van der Waals surface area contributed by atoms with E-state index in [1.807, 2.05) is 70.6 Å². The van der Waals surface area contributed by atoms with Gasteiger partial charge in [-0.05, 0) is 244 Å². The van der Waals surface area contributed by atoms with E-state index in [9.17, 15) is 0 Å². The summed E-state index contributed by atoms with van der Waals surface area (Å²) >= 11 is 0. The first-order valence-electron chi connectivity index (χ1n) is 48.1. The smallest absolute Gasteiger partial charge is 0.408 e. The lowest BCUT2D eigenvalue weighted by molar-refractivity contribution is -0.732. The molecule has 133 heavy (non-hydrogen) atoms. The van der Waals surface area contributed by atoms with Crippen LogP contribution in [-0.2, 0) is 15.8 Å². The first kappa shape index (κ1) is 97.9. The van der Waals surface area contributed by atoms with Crippen molar-refractivity contribution in [3.8, 4) is 12.0 Å².